The molecule has 0 aliphatic carbocycles. The maximum Gasteiger partial charge on any atom is 0.261 e. The van der Waals surface area contributed by atoms with Gasteiger partial charge in [0.15, 0.2) is 0 Å². The van der Waals surface area contributed by atoms with E-state index < -0.39 is 0 Å². The number of carbonyl (C=O) groups excluding carboxylic acids is 2. The zero-order valence-electron chi connectivity index (χ0n) is 5.08. The standard InChI is InChI=1S/C3HN6O2/c10-2-6-8-4-1-5-9-7-3-11/h1H. The third-order valence-electron chi connectivity index (χ3n) is 0.378. The first-order valence-corrected chi connectivity index (χ1v) is 2.17. The van der Waals surface area contributed by atoms with E-state index in [1.165, 1.54) is 0 Å². The molecule has 0 fully saturated rings. The average molecular weight is 153 g/mol. The Morgan fingerprint density at radius 1 is 0.909 bits per heavy atom. The Balaban J connectivity index is 3.55. The molecule has 0 spiro atoms. The second-order valence-corrected chi connectivity index (χ2v) is 0.908. The second-order valence-electron chi connectivity index (χ2n) is 0.908. The highest BCUT2D eigenvalue weighted by molar-refractivity contribution is 5.32. The van der Waals surface area contributed by atoms with Crippen molar-refractivity contribution in [3.63, 3.8) is 0 Å². The molecule has 1 radical (unpaired) electrons. The Morgan fingerprint density at radius 3 is 1.73 bits per heavy atom. The lowest BCUT2D eigenvalue weighted by atomic mass is 11.2. The van der Waals surface area contributed by atoms with Crippen molar-refractivity contribution < 1.29 is 9.59 Å². The van der Waals surface area contributed by atoms with Gasteiger partial charge in [0.05, 0.1) is 0 Å². The molecule has 0 aromatic carbocycles. The zero-order chi connectivity index (χ0) is 8.36. The van der Waals surface area contributed by atoms with Crippen LogP contribution in [0.3, 0.4) is 0 Å². The van der Waals surface area contributed by atoms with Gasteiger partial charge < -0.3 is 0 Å². The van der Waals surface area contributed by atoms with E-state index in [1.54, 1.807) is 0 Å². The minimum atomic E-state index is 0.835. The van der Waals surface area contributed by atoms with Crippen LogP contribution in [0.25, 0.3) is 0 Å². The molecule has 0 saturated heterocycles. The van der Waals surface area contributed by atoms with E-state index in [9.17, 15) is 9.59 Å². The third-order valence-corrected chi connectivity index (χ3v) is 0.378. The molecule has 0 saturated carbocycles. The van der Waals surface area contributed by atoms with Gasteiger partial charge in [0.1, 0.15) is 0 Å². The van der Waals surface area contributed by atoms with E-state index >= 15 is 0 Å². The summed E-state index contributed by atoms with van der Waals surface area (Å²) in [6.45, 7) is 0.835. The van der Waals surface area contributed by atoms with Gasteiger partial charge in [-0.25, -0.2) is 9.59 Å². The van der Waals surface area contributed by atoms with Crippen LogP contribution in [-0.2, 0) is 9.59 Å². The quantitative estimate of drug-likeness (QED) is 0.254. The van der Waals surface area contributed by atoms with Gasteiger partial charge in [-0.3, -0.25) is 0 Å². The van der Waals surface area contributed by atoms with Crippen LogP contribution in [0.5, 0.6) is 0 Å². The zero-order valence-corrected chi connectivity index (χ0v) is 5.08. The van der Waals surface area contributed by atoms with Crippen molar-refractivity contribution in [1.29, 1.82) is 0 Å². The van der Waals surface area contributed by atoms with Crippen molar-refractivity contribution in [2.75, 3.05) is 0 Å². The highest BCUT2D eigenvalue weighted by Crippen LogP contribution is 1.85. The van der Waals surface area contributed by atoms with Gasteiger partial charge in [0.2, 0.25) is 6.67 Å². The van der Waals surface area contributed by atoms with Crippen LogP contribution in [-0.4, -0.2) is 12.2 Å². The van der Waals surface area contributed by atoms with Crippen LogP contribution >= 0.6 is 0 Å². The Kier molecular flexibility index (Phi) is 6.48. The molecule has 0 heterocycles. The van der Waals surface area contributed by atoms with Crippen LogP contribution in [0.15, 0.2) is 30.9 Å². The van der Waals surface area contributed by atoms with E-state index in [0.29, 0.717) is 0 Å². The summed E-state index contributed by atoms with van der Waals surface area (Å²) in [6, 6.07) is 0. The minimum absolute atomic E-state index is 0.835. The predicted molar refractivity (Wildman–Crippen MR) is 30.3 cm³/mol. The van der Waals surface area contributed by atoms with Crippen LogP contribution in [0.2, 0.25) is 0 Å². The van der Waals surface area contributed by atoms with Gasteiger partial charge in [-0.05, 0) is 20.6 Å². The summed E-state index contributed by atoms with van der Waals surface area (Å²) in [7, 11) is 0. The van der Waals surface area contributed by atoms with Gasteiger partial charge in [0, 0.05) is 0 Å². The molecule has 0 aromatic rings. The Bertz CT molecular complexity index is 219. The lowest BCUT2D eigenvalue weighted by molar-refractivity contribution is 0.562. The van der Waals surface area contributed by atoms with Crippen molar-refractivity contribution in [2.45, 2.75) is 0 Å². The van der Waals surface area contributed by atoms with Gasteiger partial charge in [-0.2, -0.15) is 0 Å². The van der Waals surface area contributed by atoms with Crippen LogP contribution in [0, 0.1) is 6.67 Å². The molecule has 8 heteroatoms. The fourth-order valence-corrected chi connectivity index (χ4v) is 0.157. The van der Waals surface area contributed by atoms with E-state index in [2.05, 4.69) is 30.9 Å². The molecule has 11 heavy (non-hydrogen) atoms. The number of nitrogens with zero attached hydrogens (tertiary/aromatic N) is 6. The largest absolute Gasteiger partial charge is 0.261 e. The Labute approximate surface area is 60.4 Å². The lowest BCUT2D eigenvalue weighted by Gasteiger charge is -1.70. The summed E-state index contributed by atoms with van der Waals surface area (Å²) >= 11 is 0. The molecule has 0 unspecified atom stereocenters. The summed E-state index contributed by atoms with van der Waals surface area (Å²) in [5.41, 5.74) is 0. The molecular weight excluding hydrogens is 152 g/mol. The Morgan fingerprint density at radius 2 is 1.36 bits per heavy atom. The normalized spacial score (nSPS) is 9.45. The molecule has 0 bridgehead atoms. The summed E-state index contributed by atoms with van der Waals surface area (Å²) in [6.07, 6.45) is 2.21. The van der Waals surface area contributed by atoms with Gasteiger partial charge in [0.25, 0.3) is 12.2 Å². The van der Waals surface area contributed by atoms with Crippen LogP contribution in [0.4, 0.5) is 0 Å². The summed E-state index contributed by atoms with van der Waals surface area (Å²) in [5.74, 6) is 0. The smallest absolute Gasteiger partial charge is 0.209 e. The molecule has 0 rings (SSSR count). The van der Waals surface area contributed by atoms with Crippen molar-refractivity contribution in [3.05, 3.63) is 6.67 Å². The van der Waals surface area contributed by atoms with Crippen molar-refractivity contribution >= 4 is 12.2 Å². The monoisotopic (exact) mass is 153 g/mol. The number of isocyanates is 2. The molecular formula is C3HN6O2. The number of hydrogen-bond donors (Lipinski definition) is 0. The van der Waals surface area contributed by atoms with Crippen LogP contribution < -0.4 is 0 Å². The molecule has 0 amide bonds. The van der Waals surface area contributed by atoms with Crippen molar-refractivity contribution in [3.8, 4) is 0 Å². The highest BCUT2D eigenvalue weighted by atomic mass is 16.1. The van der Waals surface area contributed by atoms with Crippen molar-refractivity contribution in [1.82, 2.24) is 0 Å². The molecule has 0 N–H and O–H groups in total. The SMILES string of the molecule is O=C=NN=N[CH]N=NN=C=O. The van der Waals surface area contributed by atoms with E-state index in [1.807, 2.05) is 0 Å². The van der Waals surface area contributed by atoms with E-state index in [0.717, 1.165) is 18.8 Å². The molecule has 0 aliphatic rings. The van der Waals surface area contributed by atoms with Crippen LogP contribution in [0.1, 0.15) is 0 Å². The first-order valence-electron chi connectivity index (χ1n) is 2.17. The molecule has 0 aromatic heterocycles. The lowest BCUT2D eigenvalue weighted by Crippen LogP contribution is -1.57. The van der Waals surface area contributed by atoms with Crippen molar-refractivity contribution in [2.24, 2.45) is 30.9 Å². The van der Waals surface area contributed by atoms with E-state index in [4.69, 9.17) is 0 Å². The summed E-state index contributed by atoms with van der Waals surface area (Å²) in [5, 5.41) is 17.2. The average Bonchev–Trinajstić information content (AvgIpc) is 2.03. The minimum Gasteiger partial charge on any atom is -0.209 e. The highest BCUT2D eigenvalue weighted by Gasteiger charge is 1.72. The summed E-state index contributed by atoms with van der Waals surface area (Å²) < 4.78 is 0. The number of hydrogen-bond acceptors (Lipinski definition) is 6. The van der Waals surface area contributed by atoms with Gasteiger partial charge in [-0.1, -0.05) is 0 Å². The van der Waals surface area contributed by atoms with Gasteiger partial charge >= 0.3 is 0 Å². The molecule has 0 atom stereocenters. The third kappa shape index (κ3) is 7.96. The fourth-order valence-electron chi connectivity index (χ4n) is 0.157. The molecule has 55 valence electrons. The second kappa shape index (κ2) is 7.96. The Hall–Kier alpha value is -2.04. The molecule has 0 aliphatic heterocycles. The topological polar surface area (TPSA) is 108 Å². The van der Waals surface area contributed by atoms with Gasteiger partial charge in [-0.15, -0.1) is 10.2 Å². The number of rotatable bonds is 4. The maximum atomic E-state index is 9.36. The summed E-state index contributed by atoms with van der Waals surface area (Å²) in [4.78, 5) is 18.7. The first kappa shape index (κ1) is 8.96. The van der Waals surface area contributed by atoms with E-state index in [-0.39, 0.29) is 0 Å². The predicted octanol–water partition coefficient (Wildman–Crippen LogP) is 0.512. The molecule has 8 nitrogen and oxygen atoms in total. The maximum absolute atomic E-state index is 9.36. The first-order chi connectivity index (χ1) is 5.41. The fraction of sp³-hybridized carbons (Fsp3) is 0.